The maximum atomic E-state index is 5.88. The molecule has 2 nitrogen and oxygen atoms in total. The van der Waals surface area contributed by atoms with Crippen LogP contribution in [0.4, 0.5) is 0 Å². The van der Waals surface area contributed by atoms with Crippen LogP contribution in [0, 0.1) is 0 Å². The maximum absolute atomic E-state index is 5.88. The van der Waals surface area contributed by atoms with E-state index in [0.29, 0.717) is 12.1 Å². The molecule has 1 aromatic heterocycles. The Morgan fingerprint density at radius 1 is 1.62 bits per heavy atom. The topological polar surface area (TPSA) is 21.3 Å². The smallest absolute Gasteiger partial charge is 0.0860 e. The zero-order chi connectivity index (χ0) is 11.2. The molecule has 1 saturated heterocycles. The summed E-state index contributed by atoms with van der Waals surface area (Å²) in [5, 5.41) is 7.99. The van der Waals surface area contributed by atoms with Gasteiger partial charge in [-0.25, -0.2) is 0 Å². The molecule has 1 aliphatic rings. The first-order chi connectivity index (χ1) is 7.92. The van der Waals surface area contributed by atoms with Gasteiger partial charge in [0.2, 0.25) is 0 Å². The molecule has 1 aliphatic heterocycles. The predicted molar refractivity (Wildman–Crippen MR) is 72.4 cm³/mol. The van der Waals surface area contributed by atoms with E-state index >= 15 is 0 Å². The summed E-state index contributed by atoms with van der Waals surface area (Å²) in [6.07, 6.45) is 1.50. The first-order valence-electron chi connectivity index (χ1n) is 5.86. The van der Waals surface area contributed by atoms with E-state index in [2.05, 4.69) is 29.1 Å². The zero-order valence-corrected chi connectivity index (χ0v) is 11.3. The van der Waals surface area contributed by atoms with E-state index < -0.39 is 0 Å². The van der Waals surface area contributed by atoms with Crippen molar-refractivity contribution in [2.24, 2.45) is 0 Å². The Hall–Kier alpha value is -0.0300. The first-order valence-corrected chi connectivity index (χ1v) is 7.96. The minimum atomic E-state index is 0.333. The van der Waals surface area contributed by atoms with E-state index in [1.165, 1.54) is 12.0 Å². The molecule has 4 heteroatoms. The number of nitrogens with one attached hydrogen (secondary N) is 1. The Labute approximate surface area is 106 Å². The van der Waals surface area contributed by atoms with Crippen LogP contribution in [-0.2, 0) is 4.74 Å². The molecule has 0 saturated carbocycles. The average Bonchev–Trinajstić information content (AvgIpc) is 2.85. The van der Waals surface area contributed by atoms with Gasteiger partial charge in [-0.2, -0.15) is 23.1 Å². The highest BCUT2D eigenvalue weighted by Crippen LogP contribution is 2.26. The molecule has 2 atom stereocenters. The number of rotatable bonds is 5. The largest absolute Gasteiger partial charge is 0.375 e. The quantitative estimate of drug-likeness (QED) is 0.876. The molecule has 90 valence electrons. The van der Waals surface area contributed by atoms with Crippen LogP contribution >= 0.6 is 23.1 Å². The fourth-order valence-corrected chi connectivity index (χ4v) is 3.51. The van der Waals surface area contributed by atoms with Crippen molar-refractivity contribution in [2.75, 3.05) is 24.7 Å². The minimum Gasteiger partial charge on any atom is -0.375 e. The van der Waals surface area contributed by atoms with E-state index in [4.69, 9.17) is 4.74 Å². The van der Waals surface area contributed by atoms with Gasteiger partial charge in [-0.05, 0) is 35.4 Å². The Balaban J connectivity index is 2.01. The molecule has 0 bridgehead atoms. The van der Waals surface area contributed by atoms with Crippen LogP contribution < -0.4 is 5.32 Å². The lowest BCUT2D eigenvalue weighted by Gasteiger charge is -2.30. The van der Waals surface area contributed by atoms with Crippen molar-refractivity contribution in [3.05, 3.63) is 22.4 Å². The van der Waals surface area contributed by atoms with E-state index in [1.54, 1.807) is 11.3 Å². The summed E-state index contributed by atoms with van der Waals surface area (Å²) in [6.45, 7) is 4.16. The molecule has 0 amide bonds. The molecule has 0 aliphatic carbocycles. The lowest BCUT2D eigenvalue weighted by Crippen LogP contribution is -2.38. The lowest BCUT2D eigenvalue weighted by atomic mass is 10.1. The summed E-state index contributed by atoms with van der Waals surface area (Å²) < 4.78 is 5.88. The van der Waals surface area contributed by atoms with Gasteiger partial charge in [-0.3, -0.25) is 0 Å². The van der Waals surface area contributed by atoms with Crippen LogP contribution in [0.3, 0.4) is 0 Å². The van der Waals surface area contributed by atoms with Crippen molar-refractivity contribution in [3.63, 3.8) is 0 Å². The minimum absolute atomic E-state index is 0.333. The van der Waals surface area contributed by atoms with Crippen LogP contribution in [0.1, 0.15) is 24.9 Å². The van der Waals surface area contributed by atoms with Crippen molar-refractivity contribution < 1.29 is 4.74 Å². The fraction of sp³-hybridized carbons (Fsp3) is 0.667. The summed E-state index contributed by atoms with van der Waals surface area (Å²) in [5.41, 5.74) is 1.38. The second kappa shape index (κ2) is 6.64. The molecule has 0 spiro atoms. The average molecular weight is 257 g/mol. The van der Waals surface area contributed by atoms with Gasteiger partial charge in [0.25, 0.3) is 0 Å². The van der Waals surface area contributed by atoms with Gasteiger partial charge in [-0.1, -0.05) is 6.92 Å². The van der Waals surface area contributed by atoms with Crippen molar-refractivity contribution in [3.8, 4) is 0 Å². The molecule has 16 heavy (non-hydrogen) atoms. The standard InChI is InChI=1S/C12H19NOS2/c1-2-4-13-12(10-3-6-15-8-10)11-9-16-7-5-14-11/h3,6,8,11-13H,2,4-5,7,9H2,1H3. The van der Waals surface area contributed by atoms with Crippen molar-refractivity contribution in [1.82, 2.24) is 5.32 Å². The van der Waals surface area contributed by atoms with Crippen LogP contribution in [0.2, 0.25) is 0 Å². The van der Waals surface area contributed by atoms with Crippen LogP contribution in [-0.4, -0.2) is 30.8 Å². The highest BCUT2D eigenvalue weighted by molar-refractivity contribution is 7.99. The molecule has 2 heterocycles. The first kappa shape index (κ1) is 12.4. The maximum Gasteiger partial charge on any atom is 0.0860 e. The fourth-order valence-electron chi connectivity index (χ4n) is 1.91. The predicted octanol–water partition coefficient (Wildman–Crippen LogP) is 2.92. The Morgan fingerprint density at radius 3 is 3.19 bits per heavy atom. The van der Waals surface area contributed by atoms with Gasteiger partial charge in [0.1, 0.15) is 0 Å². The zero-order valence-electron chi connectivity index (χ0n) is 9.65. The highest BCUT2D eigenvalue weighted by atomic mass is 32.2. The van der Waals surface area contributed by atoms with Crippen LogP contribution in [0.25, 0.3) is 0 Å². The second-order valence-corrected chi connectivity index (χ2v) is 5.90. The van der Waals surface area contributed by atoms with Crippen molar-refractivity contribution in [1.29, 1.82) is 0 Å². The van der Waals surface area contributed by atoms with Gasteiger partial charge < -0.3 is 10.1 Å². The summed E-state index contributed by atoms with van der Waals surface area (Å²) in [5.74, 6) is 2.25. The number of thiophene rings is 1. The third-order valence-electron chi connectivity index (χ3n) is 2.73. The molecule has 1 fully saturated rings. The second-order valence-electron chi connectivity index (χ2n) is 3.97. The van der Waals surface area contributed by atoms with Crippen LogP contribution in [0.15, 0.2) is 16.8 Å². The summed E-state index contributed by atoms with van der Waals surface area (Å²) in [6, 6.07) is 2.58. The van der Waals surface area contributed by atoms with Crippen molar-refractivity contribution in [2.45, 2.75) is 25.5 Å². The monoisotopic (exact) mass is 257 g/mol. The summed E-state index contributed by atoms with van der Waals surface area (Å²) in [4.78, 5) is 0. The van der Waals surface area contributed by atoms with E-state index in [-0.39, 0.29) is 0 Å². The van der Waals surface area contributed by atoms with Gasteiger partial charge in [0, 0.05) is 11.5 Å². The third kappa shape index (κ3) is 3.23. The Kier molecular flexibility index (Phi) is 5.16. The molecule has 1 N–H and O–H groups in total. The summed E-state index contributed by atoms with van der Waals surface area (Å²) in [7, 11) is 0. The molecule has 0 aromatic carbocycles. The molecule has 2 unspecified atom stereocenters. The SMILES string of the molecule is CCCNC(c1ccsc1)C1CSCCO1. The third-order valence-corrected chi connectivity index (χ3v) is 4.45. The normalized spacial score (nSPS) is 23.2. The van der Waals surface area contributed by atoms with Gasteiger partial charge in [-0.15, -0.1) is 0 Å². The number of hydrogen-bond donors (Lipinski definition) is 1. The number of hydrogen-bond acceptors (Lipinski definition) is 4. The lowest BCUT2D eigenvalue weighted by molar-refractivity contribution is 0.0469. The Morgan fingerprint density at radius 2 is 2.56 bits per heavy atom. The van der Waals surface area contributed by atoms with Gasteiger partial charge in [0.05, 0.1) is 18.8 Å². The number of ether oxygens (including phenoxy) is 1. The van der Waals surface area contributed by atoms with E-state index in [9.17, 15) is 0 Å². The van der Waals surface area contributed by atoms with E-state index in [0.717, 1.165) is 24.7 Å². The molecule has 2 rings (SSSR count). The van der Waals surface area contributed by atoms with Gasteiger partial charge >= 0.3 is 0 Å². The van der Waals surface area contributed by atoms with Crippen molar-refractivity contribution >= 4 is 23.1 Å². The molecule has 0 radical (unpaired) electrons. The van der Waals surface area contributed by atoms with Crippen LogP contribution in [0.5, 0.6) is 0 Å². The number of thioether (sulfide) groups is 1. The summed E-state index contributed by atoms with van der Waals surface area (Å²) >= 11 is 3.76. The molecule has 1 aromatic rings. The van der Waals surface area contributed by atoms with Gasteiger partial charge in [0.15, 0.2) is 0 Å². The van der Waals surface area contributed by atoms with E-state index in [1.807, 2.05) is 11.8 Å². The Bertz CT molecular complexity index is 283. The molecular weight excluding hydrogens is 238 g/mol. The molecular formula is C12H19NOS2. The highest BCUT2D eigenvalue weighted by Gasteiger charge is 2.25.